The molecule has 3 heterocycles. The molecule has 0 saturated carbocycles. The molecule has 0 radical (unpaired) electrons. The molecule has 9 nitrogen and oxygen atoms in total. The molecule has 12 heteroatoms. The van der Waals surface area contributed by atoms with E-state index in [2.05, 4.69) is 24.6 Å². The normalized spacial score (nSPS) is 12.3. The Labute approximate surface area is 264 Å². The molecule has 1 amide bonds. The molecule has 0 bridgehead atoms. The number of imidazole rings is 1. The van der Waals surface area contributed by atoms with Gasteiger partial charge in [0.15, 0.2) is 11.3 Å². The van der Waals surface area contributed by atoms with Gasteiger partial charge in [-0.2, -0.15) is 0 Å². The van der Waals surface area contributed by atoms with Crippen LogP contribution in [-0.4, -0.2) is 50.4 Å². The number of ether oxygens (including phenoxy) is 1. The third-order valence-corrected chi connectivity index (χ3v) is 12.7. The Morgan fingerprint density at radius 3 is 2.32 bits per heavy atom. The summed E-state index contributed by atoms with van der Waals surface area (Å²) in [7, 11) is -0.523. The average Bonchev–Trinajstić information content (AvgIpc) is 3.60. The van der Waals surface area contributed by atoms with Gasteiger partial charge in [0.1, 0.15) is 16.3 Å². The summed E-state index contributed by atoms with van der Waals surface area (Å²) in [6.45, 7) is 11.0. The number of thiophene rings is 1. The molecule has 0 aliphatic carbocycles. The molecule has 0 aliphatic heterocycles. The highest BCUT2D eigenvalue weighted by atomic mass is 32.2. The fourth-order valence-corrected chi connectivity index (χ4v) is 8.64. The molecule has 0 spiro atoms. The van der Waals surface area contributed by atoms with E-state index in [-0.39, 0.29) is 5.69 Å². The maximum atomic E-state index is 13.4. The lowest BCUT2D eigenvalue weighted by Gasteiger charge is -2.24. The number of anilines is 1. The Kier molecular flexibility index (Phi) is 8.98. The van der Waals surface area contributed by atoms with Crippen LogP contribution in [0.2, 0.25) is 19.6 Å². The van der Waals surface area contributed by atoms with Gasteiger partial charge in [-0.15, -0.1) is 11.3 Å². The number of hydrogen-bond acceptors (Lipinski definition) is 8. The van der Waals surface area contributed by atoms with Gasteiger partial charge in [-0.1, -0.05) is 69.0 Å². The van der Waals surface area contributed by atoms with Crippen LogP contribution in [0.25, 0.3) is 22.3 Å². The van der Waals surface area contributed by atoms with Gasteiger partial charge in [0, 0.05) is 17.5 Å². The van der Waals surface area contributed by atoms with E-state index in [1.54, 1.807) is 36.4 Å². The van der Waals surface area contributed by atoms with E-state index >= 15 is 0 Å². The largest absolute Gasteiger partial charge is 0.755 e. The number of hydrogen-bond donors (Lipinski definition) is 0. The number of benzene rings is 2. The summed E-state index contributed by atoms with van der Waals surface area (Å²) in [6, 6.07) is 20.0. The van der Waals surface area contributed by atoms with Crippen molar-refractivity contribution in [3.63, 3.8) is 0 Å². The maximum absolute atomic E-state index is 13.4. The van der Waals surface area contributed by atoms with Gasteiger partial charge >= 0.3 is 5.97 Å². The first-order valence-corrected chi connectivity index (χ1v) is 19.4. The first-order valence-electron chi connectivity index (χ1n) is 14.1. The molecule has 44 heavy (non-hydrogen) atoms. The molecule has 1 unspecified atom stereocenters. The number of nitrogens with zero attached hydrogens (tertiary/aromatic N) is 4. The summed E-state index contributed by atoms with van der Waals surface area (Å²) in [5, 5.41) is 0.376. The average molecular weight is 646 g/mol. The number of aryl methyl sites for hydroxylation is 2. The number of methoxy groups -OCH3 is 1. The summed E-state index contributed by atoms with van der Waals surface area (Å²) in [4.78, 5) is 35.1. The molecule has 5 rings (SSSR count). The van der Waals surface area contributed by atoms with Crippen molar-refractivity contribution in [3.8, 4) is 11.1 Å². The molecule has 1 atom stereocenters. The van der Waals surface area contributed by atoms with E-state index in [4.69, 9.17) is 9.72 Å². The number of fused-ring (bicyclic) bond motifs is 1. The van der Waals surface area contributed by atoms with Gasteiger partial charge in [0.05, 0.1) is 33.0 Å². The summed E-state index contributed by atoms with van der Waals surface area (Å²) >= 11 is -1.47. The van der Waals surface area contributed by atoms with Crippen LogP contribution in [0, 0.1) is 6.92 Å². The molecule has 2 aromatic carbocycles. The van der Waals surface area contributed by atoms with Crippen LogP contribution in [0.15, 0.2) is 66.7 Å². The van der Waals surface area contributed by atoms with Gasteiger partial charge in [-0.25, -0.2) is 19.1 Å². The zero-order valence-corrected chi connectivity index (χ0v) is 28.0. The Morgan fingerprint density at radius 2 is 1.73 bits per heavy atom. The fourth-order valence-electron chi connectivity index (χ4n) is 4.94. The topological polar surface area (TPSA) is 117 Å². The summed E-state index contributed by atoms with van der Waals surface area (Å²) in [5.41, 5.74) is 5.17. The maximum Gasteiger partial charge on any atom is 0.356 e. The molecule has 3 aromatic heterocycles. The van der Waals surface area contributed by atoms with Crippen LogP contribution in [0.4, 0.5) is 5.00 Å². The molecule has 5 aromatic rings. The van der Waals surface area contributed by atoms with Crippen molar-refractivity contribution < 1.29 is 23.1 Å². The van der Waals surface area contributed by atoms with Crippen LogP contribution in [0.5, 0.6) is 0 Å². The highest BCUT2D eigenvalue weighted by molar-refractivity contribution is 7.82. The van der Waals surface area contributed by atoms with Crippen molar-refractivity contribution in [1.82, 2.24) is 14.5 Å². The van der Waals surface area contributed by atoms with Gasteiger partial charge in [-0.05, 0) is 52.4 Å². The first-order chi connectivity index (χ1) is 20.9. The van der Waals surface area contributed by atoms with Crippen LogP contribution in [0.3, 0.4) is 0 Å². The lowest BCUT2D eigenvalue weighted by molar-refractivity contribution is 0.0594. The third-order valence-electron chi connectivity index (χ3n) is 7.28. The summed E-state index contributed by atoms with van der Waals surface area (Å²) < 4.78 is 33.9. The quantitative estimate of drug-likeness (QED) is 0.112. The first kappa shape index (κ1) is 31.5. The predicted molar refractivity (Wildman–Crippen MR) is 177 cm³/mol. The van der Waals surface area contributed by atoms with Gasteiger partial charge in [0.25, 0.3) is 5.91 Å². The minimum Gasteiger partial charge on any atom is -0.755 e. The minimum absolute atomic E-state index is 0.227. The standard InChI is InChI=1S/C32H34N4O5S2Si/c1-7-26-34-28-20(2)17-25(32(38)41-3)33-29(28)35(26)19-21-13-15-22(16-14-21)24-18-27(44(4,5)6)42-31(24)36(43(39)40)30(37)23-11-9-8-10-12-23/h8-18H,7,19H2,1-6H3,(H,39,40)/p-1. The van der Waals surface area contributed by atoms with E-state index in [1.165, 1.54) is 18.4 Å². The van der Waals surface area contributed by atoms with Gasteiger partial charge < -0.3 is 13.9 Å². The zero-order valence-electron chi connectivity index (χ0n) is 25.4. The molecule has 0 N–H and O–H groups in total. The Bertz CT molecular complexity index is 1880. The smallest absolute Gasteiger partial charge is 0.356 e. The van der Waals surface area contributed by atoms with Crippen LogP contribution < -0.4 is 8.81 Å². The monoisotopic (exact) mass is 645 g/mol. The second-order valence-corrected chi connectivity index (χ2v) is 18.6. The van der Waals surface area contributed by atoms with E-state index in [1.807, 2.05) is 48.7 Å². The van der Waals surface area contributed by atoms with E-state index in [0.717, 1.165) is 36.8 Å². The van der Waals surface area contributed by atoms with E-state index < -0.39 is 31.2 Å². The Balaban J connectivity index is 1.55. The number of pyridine rings is 1. The molecular formula is C32H33N4O5S2Si-. The Hall–Kier alpha value is -3.97. The van der Waals surface area contributed by atoms with Crippen molar-refractivity contribution in [1.29, 1.82) is 0 Å². The van der Waals surface area contributed by atoms with E-state index in [0.29, 0.717) is 34.7 Å². The molecule has 228 valence electrons. The third kappa shape index (κ3) is 6.16. The van der Waals surface area contributed by atoms with Crippen molar-refractivity contribution in [2.75, 3.05) is 11.4 Å². The van der Waals surface area contributed by atoms with Crippen LogP contribution >= 0.6 is 11.3 Å². The van der Waals surface area contributed by atoms with Crippen LogP contribution in [0.1, 0.15) is 44.7 Å². The van der Waals surface area contributed by atoms with Crippen molar-refractivity contribution in [2.45, 2.75) is 46.5 Å². The lowest BCUT2D eigenvalue weighted by atomic mass is 10.1. The number of amides is 1. The zero-order chi connectivity index (χ0) is 31.8. The van der Waals surface area contributed by atoms with E-state index in [9.17, 15) is 18.4 Å². The highest BCUT2D eigenvalue weighted by Crippen LogP contribution is 2.38. The van der Waals surface area contributed by atoms with Gasteiger partial charge in [-0.3, -0.25) is 9.00 Å². The molecule has 0 aliphatic rings. The van der Waals surface area contributed by atoms with Crippen molar-refractivity contribution in [3.05, 3.63) is 94.9 Å². The number of carbonyl (C=O) groups is 2. The lowest BCUT2D eigenvalue weighted by Crippen LogP contribution is -2.35. The van der Waals surface area contributed by atoms with Gasteiger partial charge in [0.2, 0.25) is 0 Å². The predicted octanol–water partition coefficient (Wildman–Crippen LogP) is 5.85. The molecule has 0 fully saturated rings. The summed E-state index contributed by atoms with van der Waals surface area (Å²) in [6.07, 6.45) is 0.677. The number of carbonyl (C=O) groups excluding carboxylic acids is 2. The fraction of sp³-hybridized carbons (Fsp3) is 0.250. The SMILES string of the molecule is CCc1nc2c(C)cc(C(=O)OC)nc2n1Cc1ccc(-c2cc([Si](C)(C)C)sc2N(C(=O)c2ccccc2)S(=O)[O-])cc1. The number of rotatable bonds is 9. The minimum atomic E-state index is -2.82. The van der Waals surface area contributed by atoms with Crippen LogP contribution in [-0.2, 0) is 29.0 Å². The number of aromatic nitrogens is 3. The molecular weight excluding hydrogens is 613 g/mol. The highest BCUT2D eigenvalue weighted by Gasteiger charge is 2.29. The Morgan fingerprint density at radius 1 is 1.05 bits per heavy atom. The second kappa shape index (κ2) is 12.6. The summed E-state index contributed by atoms with van der Waals surface area (Å²) in [5.74, 6) is -0.267. The second-order valence-electron chi connectivity index (χ2n) is 11.4. The van der Waals surface area contributed by atoms with Crippen molar-refractivity contribution in [2.24, 2.45) is 0 Å². The number of esters is 1. The molecule has 0 saturated heterocycles. The van der Waals surface area contributed by atoms with Crippen molar-refractivity contribution >= 4 is 63.2 Å².